The second kappa shape index (κ2) is 6.32. The van der Waals surface area contributed by atoms with Crippen LogP contribution in [0, 0.1) is 5.92 Å². The SMILES string of the molecule is CCNC(CCCc1ncnn1C(C)C)C1CC1. The number of aromatic nitrogens is 3. The van der Waals surface area contributed by atoms with E-state index in [2.05, 4.69) is 36.2 Å². The highest BCUT2D eigenvalue weighted by Crippen LogP contribution is 2.34. The average Bonchev–Trinajstić information content (AvgIpc) is 3.07. The van der Waals surface area contributed by atoms with Crippen LogP contribution >= 0.6 is 0 Å². The van der Waals surface area contributed by atoms with E-state index in [0.29, 0.717) is 6.04 Å². The molecule has 1 fully saturated rings. The van der Waals surface area contributed by atoms with Crippen LogP contribution in [0.4, 0.5) is 0 Å². The van der Waals surface area contributed by atoms with E-state index < -0.39 is 0 Å². The second-order valence-electron chi connectivity index (χ2n) is 5.61. The Morgan fingerprint density at radius 3 is 2.83 bits per heavy atom. The third kappa shape index (κ3) is 3.55. The van der Waals surface area contributed by atoms with Crippen LogP contribution in [0.25, 0.3) is 0 Å². The Bertz CT molecular complexity index is 354. The molecular weight excluding hydrogens is 224 g/mol. The summed E-state index contributed by atoms with van der Waals surface area (Å²) in [5, 5.41) is 7.91. The molecule has 1 heterocycles. The molecule has 1 saturated carbocycles. The van der Waals surface area contributed by atoms with Crippen LogP contribution in [0.15, 0.2) is 6.33 Å². The quantitative estimate of drug-likeness (QED) is 0.771. The zero-order chi connectivity index (χ0) is 13.0. The van der Waals surface area contributed by atoms with Crippen LogP contribution in [-0.2, 0) is 6.42 Å². The van der Waals surface area contributed by atoms with Gasteiger partial charge >= 0.3 is 0 Å². The summed E-state index contributed by atoms with van der Waals surface area (Å²) in [7, 11) is 0. The number of rotatable bonds is 8. The number of nitrogens with one attached hydrogen (secondary N) is 1. The van der Waals surface area contributed by atoms with E-state index in [1.165, 1.54) is 25.7 Å². The fraction of sp³-hybridized carbons (Fsp3) is 0.857. The first-order valence-electron chi connectivity index (χ1n) is 7.34. The minimum Gasteiger partial charge on any atom is -0.314 e. The molecule has 0 saturated heterocycles. The third-order valence-electron chi connectivity index (χ3n) is 3.71. The standard InChI is InChI=1S/C14H26N4/c1-4-15-13(12-8-9-12)6-5-7-14-16-10-17-18(14)11(2)3/h10-13,15H,4-9H2,1-3H3. The lowest BCUT2D eigenvalue weighted by Gasteiger charge is -2.17. The molecule has 0 aliphatic heterocycles. The minimum absolute atomic E-state index is 0.412. The molecule has 18 heavy (non-hydrogen) atoms. The molecule has 0 spiro atoms. The maximum absolute atomic E-state index is 4.37. The lowest BCUT2D eigenvalue weighted by atomic mass is 10.0. The van der Waals surface area contributed by atoms with Crippen LogP contribution in [0.2, 0.25) is 0 Å². The molecule has 1 aliphatic carbocycles. The average molecular weight is 250 g/mol. The van der Waals surface area contributed by atoms with Gasteiger partial charge in [0.25, 0.3) is 0 Å². The molecule has 102 valence electrons. The van der Waals surface area contributed by atoms with Gasteiger partial charge in [0.1, 0.15) is 12.2 Å². The Morgan fingerprint density at radius 1 is 1.44 bits per heavy atom. The molecule has 1 aromatic heterocycles. The van der Waals surface area contributed by atoms with Crippen molar-refractivity contribution in [2.75, 3.05) is 6.54 Å². The van der Waals surface area contributed by atoms with Gasteiger partial charge in [-0.05, 0) is 52.0 Å². The molecule has 1 unspecified atom stereocenters. The second-order valence-corrected chi connectivity index (χ2v) is 5.61. The van der Waals surface area contributed by atoms with Gasteiger partial charge in [-0.2, -0.15) is 5.10 Å². The van der Waals surface area contributed by atoms with Gasteiger partial charge in [-0.3, -0.25) is 0 Å². The minimum atomic E-state index is 0.412. The van der Waals surface area contributed by atoms with Crippen molar-refractivity contribution in [3.05, 3.63) is 12.2 Å². The third-order valence-corrected chi connectivity index (χ3v) is 3.71. The van der Waals surface area contributed by atoms with Crippen LogP contribution < -0.4 is 5.32 Å². The van der Waals surface area contributed by atoms with Crippen molar-refractivity contribution >= 4 is 0 Å². The molecule has 1 N–H and O–H groups in total. The summed E-state index contributed by atoms with van der Waals surface area (Å²) in [4.78, 5) is 4.37. The first-order valence-corrected chi connectivity index (χ1v) is 7.34. The number of nitrogens with zero attached hydrogens (tertiary/aromatic N) is 3. The molecule has 4 nitrogen and oxygen atoms in total. The fourth-order valence-corrected chi connectivity index (χ4v) is 2.63. The van der Waals surface area contributed by atoms with E-state index in [4.69, 9.17) is 0 Å². The Labute approximate surface area is 110 Å². The van der Waals surface area contributed by atoms with Gasteiger partial charge in [0, 0.05) is 18.5 Å². The monoisotopic (exact) mass is 250 g/mol. The van der Waals surface area contributed by atoms with Crippen molar-refractivity contribution in [1.29, 1.82) is 0 Å². The number of aryl methyl sites for hydroxylation is 1. The highest BCUT2D eigenvalue weighted by Gasteiger charge is 2.29. The maximum Gasteiger partial charge on any atom is 0.138 e. The molecule has 0 radical (unpaired) electrons. The Hall–Kier alpha value is -0.900. The largest absolute Gasteiger partial charge is 0.314 e. The predicted molar refractivity (Wildman–Crippen MR) is 73.5 cm³/mol. The number of hydrogen-bond donors (Lipinski definition) is 1. The van der Waals surface area contributed by atoms with Gasteiger partial charge in [0.2, 0.25) is 0 Å². The predicted octanol–water partition coefficient (Wildman–Crippen LogP) is 2.57. The Morgan fingerprint density at radius 2 is 2.22 bits per heavy atom. The first-order chi connectivity index (χ1) is 8.72. The molecule has 2 rings (SSSR count). The van der Waals surface area contributed by atoms with Crippen molar-refractivity contribution in [1.82, 2.24) is 20.1 Å². The lowest BCUT2D eigenvalue weighted by molar-refractivity contribution is 0.426. The fourth-order valence-electron chi connectivity index (χ4n) is 2.63. The van der Waals surface area contributed by atoms with Gasteiger partial charge in [-0.25, -0.2) is 9.67 Å². The van der Waals surface area contributed by atoms with Crippen LogP contribution in [-0.4, -0.2) is 27.4 Å². The number of hydrogen-bond acceptors (Lipinski definition) is 3. The van der Waals surface area contributed by atoms with E-state index in [1.807, 2.05) is 4.68 Å². The van der Waals surface area contributed by atoms with Gasteiger partial charge in [0.05, 0.1) is 0 Å². The van der Waals surface area contributed by atoms with Gasteiger partial charge < -0.3 is 5.32 Å². The molecule has 1 atom stereocenters. The van der Waals surface area contributed by atoms with E-state index >= 15 is 0 Å². The Kier molecular flexibility index (Phi) is 4.75. The molecule has 1 aromatic rings. The summed E-state index contributed by atoms with van der Waals surface area (Å²) in [5.74, 6) is 2.07. The molecule has 0 aromatic carbocycles. The van der Waals surface area contributed by atoms with E-state index in [-0.39, 0.29) is 0 Å². The topological polar surface area (TPSA) is 42.7 Å². The van der Waals surface area contributed by atoms with Gasteiger partial charge in [0.15, 0.2) is 0 Å². The zero-order valence-corrected chi connectivity index (χ0v) is 11.9. The van der Waals surface area contributed by atoms with E-state index in [0.717, 1.165) is 30.7 Å². The smallest absolute Gasteiger partial charge is 0.138 e. The summed E-state index contributed by atoms with van der Waals surface area (Å²) < 4.78 is 2.04. The van der Waals surface area contributed by atoms with E-state index in [9.17, 15) is 0 Å². The summed E-state index contributed by atoms with van der Waals surface area (Å²) in [6, 6.07) is 1.14. The first kappa shape index (κ1) is 13.5. The Balaban J connectivity index is 1.78. The van der Waals surface area contributed by atoms with Crippen molar-refractivity contribution in [2.24, 2.45) is 5.92 Å². The van der Waals surface area contributed by atoms with Gasteiger partial charge in [-0.15, -0.1) is 0 Å². The molecule has 0 amide bonds. The molecule has 1 aliphatic rings. The summed E-state index contributed by atoms with van der Waals surface area (Å²) in [6.07, 6.45) is 8.04. The van der Waals surface area contributed by atoms with Crippen LogP contribution in [0.1, 0.15) is 58.3 Å². The summed E-state index contributed by atoms with van der Waals surface area (Å²) in [5.41, 5.74) is 0. The molecule has 0 bridgehead atoms. The van der Waals surface area contributed by atoms with Crippen molar-refractivity contribution in [3.8, 4) is 0 Å². The van der Waals surface area contributed by atoms with Crippen molar-refractivity contribution in [3.63, 3.8) is 0 Å². The van der Waals surface area contributed by atoms with E-state index in [1.54, 1.807) is 6.33 Å². The summed E-state index contributed by atoms with van der Waals surface area (Å²) in [6.45, 7) is 7.60. The normalized spacial score (nSPS) is 17.3. The maximum atomic E-state index is 4.37. The summed E-state index contributed by atoms with van der Waals surface area (Å²) >= 11 is 0. The highest BCUT2D eigenvalue weighted by molar-refractivity contribution is 4.90. The molecular formula is C14H26N4. The highest BCUT2D eigenvalue weighted by atomic mass is 15.3. The van der Waals surface area contributed by atoms with Crippen molar-refractivity contribution < 1.29 is 0 Å². The zero-order valence-electron chi connectivity index (χ0n) is 11.9. The van der Waals surface area contributed by atoms with Crippen LogP contribution in [0.3, 0.4) is 0 Å². The molecule has 4 heteroatoms. The van der Waals surface area contributed by atoms with Gasteiger partial charge in [-0.1, -0.05) is 6.92 Å². The van der Waals surface area contributed by atoms with Crippen molar-refractivity contribution in [2.45, 2.75) is 65.0 Å². The van der Waals surface area contributed by atoms with Crippen LogP contribution in [0.5, 0.6) is 0 Å². The lowest BCUT2D eigenvalue weighted by Crippen LogP contribution is -2.30.